The highest BCUT2D eigenvalue weighted by Crippen LogP contribution is 2.45. The number of aromatic amines is 2. The number of amides is 4. The van der Waals surface area contributed by atoms with Crippen LogP contribution in [-0.2, 0) is 19.1 Å². The van der Waals surface area contributed by atoms with E-state index in [4.69, 9.17) is 14.5 Å². The van der Waals surface area contributed by atoms with Crippen LogP contribution in [0.25, 0.3) is 33.6 Å². The zero-order chi connectivity index (χ0) is 40.4. The smallest absolute Gasteiger partial charge is 0.407 e. The normalized spacial score (nSPS) is 19.7. The molecule has 0 radical (unpaired) electrons. The van der Waals surface area contributed by atoms with Crippen molar-refractivity contribution in [3.05, 3.63) is 72.6 Å². The average molecular weight is 780 g/mol. The van der Waals surface area contributed by atoms with Crippen LogP contribution in [0.15, 0.2) is 60.9 Å². The van der Waals surface area contributed by atoms with Gasteiger partial charge in [0.1, 0.15) is 23.7 Å². The molecule has 0 bridgehead atoms. The van der Waals surface area contributed by atoms with E-state index >= 15 is 0 Å². The van der Waals surface area contributed by atoms with Gasteiger partial charge in [-0.2, -0.15) is 0 Å². The van der Waals surface area contributed by atoms with E-state index in [0.717, 1.165) is 77.6 Å². The molecule has 302 valence electrons. The number of H-pyrrole nitrogens is 2. The van der Waals surface area contributed by atoms with Crippen LogP contribution in [0.2, 0.25) is 0 Å². The molecule has 2 aromatic carbocycles. The van der Waals surface area contributed by atoms with Gasteiger partial charge in [0.15, 0.2) is 0 Å². The van der Waals surface area contributed by atoms with Gasteiger partial charge in [0, 0.05) is 31.6 Å². The van der Waals surface area contributed by atoms with Crippen molar-refractivity contribution < 1.29 is 28.7 Å². The summed E-state index contributed by atoms with van der Waals surface area (Å²) in [6, 6.07) is 14.7. The van der Waals surface area contributed by atoms with Gasteiger partial charge in [-0.25, -0.2) is 19.6 Å². The Labute approximate surface area is 332 Å². The van der Waals surface area contributed by atoms with E-state index in [1.165, 1.54) is 14.2 Å². The number of nitrogens with one attached hydrogen (secondary N) is 5. The SMILES string of the molecule is COC(=O)N[C@H](C(=O)N1CCCC1c1ncc(-c2ccc(-c3ccc(-c4cnc(C5CC6(CNC6)CN5C(=O)[C@@H](NC(=O)OC)C(C)C)[nH]4)cc3)cc2)[nH]1)C(C)C. The Morgan fingerprint density at radius 3 is 1.60 bits per heavy atom. The molecule has 3 aliphatic heterocycles. The Hall–Kier alpha value is -5.70. The lowest BCUT2D eigenvalue weighted by Gasteiger charge is -2.39. The standard InChI is InChI=1S/C42H53N9O6/c1-24(2)34(48-40(54)56-5)38(52)50-17-7-8-32(50)36-44-19-30(46-36)28-13-9-26(10-14-28)27-11-15-29(16-12-27)31-20-45-37(47-31)33-18-42(21-43-22-42)23-51(33)39(53)35(25(3)4)49-41(55)57-6/h9-16,19-20,24-25,32-35,43H,7-8,17-18,21-23H2,1-6H3,(H,44,46)(H,45,47)(H,48,54)(H,49,55)/t32?,33?,34-,35-/m0/s1. The van der Waals surface area contributed by atoms with Gasteiger partial charge >= 0.3 is 12.2 Å². The molecule has 0 saturated carbocycles. The summed E-state index contributed by atoms with van der Waals surface area (Å²) in [6.07, 6.45) is 4.78. The van der Waals surface area contributed by atoms with Gasteiger partial charge in [-0.15, -0.1) is 0 Å². The average Bonchev–Trinajstić information content (AvgIpc) is 4.04. The second-order valence-corrected chi connectivity index (χ2v) is 16.2. The number of ether oxygens (including phenoxy) is 2. The third kappa shape index (κ3) is 8.11. The molecule has 2 aromatic heterocycles. The number of imidazole rings is 2. The summed E-state index contributed by atoms with van der Waals surface area (Å²) in [5, 5.41) is 8.81. The summed E-state index contributed by atoms with van der Waals surface area (Å²) in [5.74, 6) is 0.946. The zero-order valence-corrected chi connectivity index (χ0v) is 33.4. The summed E-state index contributed by atoms with van der Waals surface area (Å²) in [6.45, 7) is 10.5. The molecule has 4 amide bonds. The van der Waals surface area contributed by atoms with E-state index in [0.29, 0.717) is 13.1 Å². The number of likely N-dealkylation sites (tertiary alicyclic amines) is 2. The second-order valence-electron chi connectivity index (χ2n) is 16.2. The van der Waals surface area contributed by atoms with Crippen molar-refractivity contribution in [2.45, 2.75) is 71.1 Å². The Kier molecular flexibility index (Phi) is 11.4. The van der Waals surface area contributed by atoms with Gasteiger partial charge in [0.05, 0.1) is 50.1 Å². The predicted molar refractivity (Wildman–Crippen MR) is 213 cm³/mol. The number of aromatic nitrogens is 4. The molecule has 5 N–H and O–H groups in total. The van der Waals surface area contributed by atoms with Gasteiger partial charge in [0.2, 0.25) is 11.8 Å². The first-order valence-electron chi connectivity index (χ1n) is 19.7. The molecule has 3 saturated heterocycles. The van der Waals surface area contributed by atoms with Gasteiger partial charge in [-0.1, -0.05) is 76.2 Å². The second kappa shape index (κ2) is 16.4. The molecule has 4 aromatic rings. The van der Waals surface area contributed by atoms with Gasteiger partial charge in [-0.3, -0.25) is 9.59 Å². The van der Waals surface area contributed by atoms with E-state index in [2.05, 4.69) is 79.4 Å². The molecule has 7 rings (SSSR count). The van der Waals surface area contributed by atoms with Crippen molar-refractivity contribution in [2.75, 3.05) is 40.4 Å². The third-order valence-corrected chi connectivity index (χ3v) is 11.7. The molecular formula is C42H53N9O6. The maximum Gasteiger partial charge on any atom is 0.407 e. The number of hydrogen-bond acceptors (Lipinski definition) is 9. The lowest BCUT2D eigenvalue weighted by molar-refractivity contribution is -0.136. The first kappa shape index (κ1) is 39.5. The van der Waals surface area contributed by atoms with Crippen molar-refractivity contribution >= 4 is 24.0 Å². The highest BCUT2D eigenvalue weighted by molar-refractivity contribution is 5.87. The van der Waals surface area contributed by atoms with Crippen molar-refractivity contribution in [3.63, 3.8) is 0 Å². The Morgan fingerprint density at radius 2 is 1.16 bits per heavy atom. The Balaban J connectivity index is 1.02. The first-order valence-corrected chi connectivity index (χ1v) is 19.7. The van der Waals surface area contributed by atoms with Crippen molar-refractivity contribution in [1.29, 1.82) is 0 Å². The van der Waals surface area contributed by atoms with Crippen molar-refractivity contribution in [3.8, 4) is 33.6 Å². The quantitative estimate of drug-likeness (QED) is 0.133. The molecular weight excluding hydrogens is 727 g/mol. The van der Waals surface area contributed by atoms with Crippen LogP contribution >= 0.6 is 0 Å². The molecule has 1 spiro atoms. The summed E-state index contributed by atoms with van der Waals surface area (Å²) < 4.78 is 9.57. The highest BCUT2D eigenvalue weighted by atomic mass is 16.5. The fraction of sp³-hybridized carbons (Fsp3) is 0.476. The van der Waals surface area contributed by atoms with Crippen LogP contribution in [0, 0.1) is 17.3 Å². The number of carbonyl (C=O) groups is 4. The minimum Gasteiger partial charge on any atom is -0.453 e. The third-order valence-electron chi connectivity index (χ3n) is 11.7. The number of benzene rings is 2. The fourth-order valence-electron chi connectivity index (χ4n) is 8.33. The molecule has 0 aliphatic carbocycles. The number of nitrogens with zero attached hydrogens (tertiary/aromatic N) is 4. The summed E-state index contributed by atoms with van der Waals surface area (Å²) in [7, 11) is 2.59. The van der Waals surface area contributed by atoms with E-state index in [1.54, 1.807) is 6.20 Å². The van der Waals surface area contributed by atoms with Crippen LogP contribution in [0.1, 0.15) is 70.7 Å². The van der Waals surface area contributed by atoms with Crippen LogP contribution in [0.3, 0.4) is 0 Å². The van der Waals surface area contributed by atoms with Crippen LogP contribution in [0.5, 0.6) is 0 Å². The van der Waals surface area contributed by atoms with E-state index in [1.807, 2.05) is 43.7 Å². The van der Waals surface area contributed by atoms with Gasteiger partial charge in [-0.05, 0) is 53.4 Å². The molecule has 4 atom stereocenters. The fourth-order valence-corrected chi connectivity index (χ4v) is 8.33. The molecule has 5 heterocycles. The predicted octanol–water partition coefficient (Wildman–Crippen LogP) is 5.42. The largest absolute Gasteiger partial charge is 0.453 e. The summed E-state index contributed by atoms with van der Waals surface area (Å²) in [5.41, 5.74) is 5.76. The zero-order valence-electron chi connectivity index (χ0n) is 33.4. The van der Waals surface area contributed by atoms with Gasteiger partial charge in [0.25, 0.3) is 0 Å². The van der Waals surface area contributed by atoms with Crippen LogP contribution in [-0.4, -0.2) is 106 Å². The van der Waals surface area contributed by atoms with E-state index < -0.39 is 24.3 Å². The first-order chi connectivity index (χ1) is 27.4. The highest BCUT2D eigenvalue weighted by Gasteiger charge is 2.52. The number of carbonyl (C=O) groups excluding carboxylic acids is 4. The maximum atomic E-state index is 13.9. The Bertz CT molecular complexity index is 2070. The molecule has 3 fully saturated rings. The molecule has 57 heavy (non-hydrogen) atoms. The topological polar surface area (TPSA) is 187 Å². The molecule has 2 unspecified atom stereocenters. The minimum atomic E-state index is -0.710. The van der Waals surface area contributed by atoms with E-state index in [-0.39, 0.29) is 41.1 Å². The molecule has 15 nitrogen and oxygen atoms in total. The molecule has 3 aliphatic rings. The lowest BCUT2D eigenvalue weighted by Crippen LogP contribution is -2.56. The number of hydrogen-bond donors (Lipinski definition) is 5. The van der Waals surface area contributed by atoms with Gasteiger partial charge < -0.3 is 45.2 Å². The van der Waals surface area contributed by atoms with Crippen molar-refractivity contribution in [2.24, 2.45) is 17.3 Å². The summed E-state index contributed by atoms with van der Waals surface area (Å²) in [4.78, 5) is 71.6. The van der Waals surface area contributed by atoms with Crippen LogP contribution in [0.4, 0.5) is 9.59 Å². The molecule has 15 heteroatoms. The monoisotopic (exact) mass is 779 g/mol. The van der Waals surface area contributed by atoms with Crippen LogP contribution < -0.4 is 16.0 Å². The number of alkyl carbamates (subject to hydrolysis) is 2. The number of rotatable bonds is 11. The van der Waals surface area contributed by atoms with Crippen molar-refractivity contribution in [1.82, 2.24) is 45.7 Å². The van der Waals surface area contributed by atoms with E-state index in [9.17, 15) is 19.2 Å². The maximum absolute atomic E-state index is 13.9. The Morgan fingerprint density at radius 1 is 0.702 bits per heavy atom. The lowest BCUT2D eigenvalue weighted by atomic mass is 9.79. The number of methoxy groups -OCH3 is 2. The minimum absolute atomic E-state index is 0.0164. The summed E-state index contributed by atoms with van der Waals surface area (Å²) >= 11 is 0.